The van der Waals surface area contributed by atoms with E-state index in [1.54, 1.807) is 0 Å². The van der Waals surface area contributed by atoms with E-state index in [9.17, 15) is 0 Å². The first-order valence-corrected chi connectivity index (χ1v) is 9.22. The Morgan fingerprint density at radius 2 is 1.73 bits per heavy atom. The zero-order valence-corrected chi connectivity index (χ0v) is 15.2. The highest BCUT2D eigenvalue weighted by Gasteiger charge is 2.22. The molecule has 0 bridgehead atoms. The van der Waals surface area contributed by atoms with E-state index in [1.807, 2.05) is 30.3 Å². The number of nitrogens with one attached hydrogen (secondary N) is 1. The summed E-state index contributed by atoms with van der Waals surface area (Å²) in [5.74, 6) is 0.773. The molecule has 0 radical (unpaired) electrons. The van der Waals surface area contributed by atoms with Crippen LogP contribution in [0.5, 0.6) is 0 Å². The summed E-state index contributed by atoms with van der Waals surface area (Å²) >= 11 is 6.12. The molecule has 2 heterocycles. The normalized spacial score (nSPS) is 16.5. The second-order valence-corrected chi connectivity index (χ2v) is 6.65. The van der Waals surface area contributed by atoms with Crippen molar-refractivity contribution in [3.05, 3.63) is 65.4 Å². The molecule has 1 N–H and O–H groups in total. The molecule has 1 atom stereocenters. The minimum atomic E-state index is 0.243. The molecule has 5 nitrogen and oxygen atoms in total. The van der Waals surface area contributed by atoms with E-state index in [2.05, 4.69) is 44.5 Å². The second kappa shape index (κ2) is 7.99. The van der Waals surface area contributed by atoms with E-state index >= 15 is 0 Å². The van der Waals surface area contributed by atoms with Crippen molar-refractivity contribution >= 4 is 28.3 Å². The number of ether oxygens (including phenoxy) is 1. The van der Waals surface area contributed by atoms with Crippen molar-refractivity contribution in [3.8, 4) is 0 Å². The third-order valence-corrected chi connectivity index (χ3v) is 4.88. The van der Waals surface area contributed by atoms with Gasteiger partial charge < -0.3 is 10.1 Å². The van der Waals surface area contributed by atoms with Gasteiger partial charge in [0, 0.05) is 25.0 Å². The largest absolute Gasteiger partial charge is 0.379 e. The first kappa shape index (κ1) is 17.2. The lowest BCUT2D eigenvalue weighted by atomic mass is 10.0. The number of hydrogen-bond donors (Lipinski definition) is 1. The number of anilines is 1. The molecule has 0 saturated carbocycles. The van der Waals surface area contributed by atoms with Crippen molar-refractivity contribution < 1.29 is 4.74 Å². The molecule has 6 heteroatoms. The van der Waals surface area contributed by atoms with Crippen LogP contribution in [0, 0.1) is 0 Å². The number of aromatic nitrogens is 2. The third kappa shape index (κ3) is 3.80. The van der Waals surface area contributed by atoms with E-state index < -0.39 is 0 Å². The average Bonchev–Trinajstić information content (AvgIpc) is 2.69. The van der Waals surface area contributed by atoms with Crippen molar-refractivity contribution in [2.45, 2.75) is 6.04 Å². The minimum Gasteiger partial charge on any atom is -0.379 e. The fraction of sp³-hybridized carbons (Fsp3) is 0.300. The number of halogens is 1. The molecule has 0 amide bonds. The lowest BCUT2D eigenvalue weighted by molar-refractivity contribution is 0.0187. The molecular formula is C20H21ClN4O. The first-order chi connectivity index (χ1) is 12.8. The maximum atomic E-state index is 6.12. The number of nitrogens with zero attached hydrogens (tertiary/aromatic N) is 3. The number of para-hydroxylation sites is 1. The monoisotopic (exact) mass is 368 g/mol. The second-order valence-electron chi connectivity index (χ2n) is 6.31. The highest BCUT2D eigenvalue weighted by molar-refractivity contribution is 6.28. The van der Waals surface area contributed by atoms with Gasteiger partial charge in [-0.25, -0.2) is 9.97 Å². The van der Waals surface area contributed by atoms with Crippen molar-refractivity contribution in [2.24, 2.45) is 0 Å². The summed E-state index contributed by atoms with van der Waals surface area (Å²) < 4.78 is 5.52. The van der Waals surface area contributed by atoms with E-state index in [4.69, 9.17) is 16.3 Å². The third-order valence-electron chi connectivity index (χ3n) is 4.71. The van der Waals surface area contributed by atoms with Crippen LogP contribution in [0.1, 0.15) is 11.6 Å². The molecule has 4 rings (SSSR count). The fourth-order valence-corrected chi connectivity index (χ4v) is 3.57. The smallest absolute Gasteiger partial charge is 0.224 e. The summed E-state index contributed by atoms with van der Waals surface area (Å²) in [5.41, 5.74) is 2.13. The van der Waals surface area contributed by atoms with Crippen LogP contribution >= 0.6 is 11.6 Å². The predicted octanol–water partition coefficient (Wildman–Crippen LogP) is 3.77. The molecule has 2 aromatic carbocycles. The van der Waals surface area contributed by atoms with E-state index in [1.165, 1.54) is 5.56 Å². The van der Waals surface area contributed by atoms with Crippen LogP contribution in [-0.4, -0.2) is 47.7 Å². The quantitative estimate of drug-likeness (QED) is 0.695. The molecule has 0 spiro atoms. The maximum Gasteiger partial charge on any atom is 0.224 e. The van der Waals surface area contributed by atoms with Gasteiger partial charge in [0.05, 0.1) is 24.8 Å². The molecule has 1 fully saturated rings. The zero-order valence-electron chi connectivity index (χ0n) is 14.4. The molecule has 3 aromatic rings. The van der Waals surface area contributed by atoms with Gasteiger partial charge in [-0.3, -0.25) is 4.90 Å². The van der Waals surface area contributed by atoms with Gasteiger partial charge in [0.2, 0.25) is 5.28 Å². The van der Waals surface area contributed by atoms with Gasteiger partial charge >= 0.3 is 0 Å². The van der Waals surface area contributed by atoms with Gasteiger partial charge in [-0.1, -0.05) is 42.5 Å². The molecule has 134 valence electrons. The number of hydrogen-bond acceptors (Lipinski definition) is 5. The summed E-state index contributed by atoms with van der Waals surface area (Å²) in [6, 6.07) is 18.7. The van der Waals surface area contributed by atoms with Crippen LogP contribution in [0.15, 0.2) is 54.6 Å². The van der Waals surface area contributed by atoms with E-state index in [0.29, 0.717) is 0 Å². The van der Waals surface area contributed by atoms with Crippen molar-refractivity contribution in [1.29, 1.82) is 0 Å². The number of morpholine rings is 1. The Morgan fingerprint density at radius 3 is 2.54 bits per heavy atom. The molecule has 1 saturated heterocycles. The molecule has 1 aromatic heterocycles. The molecule has 0 aliphatic carbocycles. The van der Waals surface area contributed by atoms with Crippen LogP contribution in [0.2, 0.25) is 5.28 Å². The van der Waals surface area contributed by atoms with Crippen molar-refractivity contribution in [1.82, 2.24) is 14.9 Å². The van der Waals surface area contributed by atoms with Crippen LogP contribution in [-0.2, 0) is 4.74 Å². The van der Waals surface area contributed by atoms with Gasteiger partial charge in [-0.15, -0.1) is 0 Å². The number of fused-ring (bicyclic) bond motifs is 1. The van der Waals surface area contributed by atoms with Gasteiger partial charge in [-0.2, -0.15) is 0 Å². The maximum absolute atomic E-state index is 6.12. The summed E-state index contributed by atoms with van der Waals surface area (Å²) in [6.07, 6.45) is 0. The predicted molar refractivity (Wildman–Crippen MR) is 105 cm³/mol. The van der Waals surface area contributed by atoms with Gasteiger partial charge in [0.1, 0.15) is 5.82 Å². The van der Waals surface area contributed by atoms with Gasteiger partial charge in [0.25, 0.3) is 0 Å². The molecule has 1 aliphatic rings. The van der Waals surface area contributed by atoms with E-state index in [-0.39, 0.29) is 11.3 Å². The molecular weight excluding hydrogens is 348 g/mol. The SMILES string of the molecule is Clc1nc(NCC(c2ccccc2)N2CCOCC2)c2ccccc2n1. The van der Waals surface area contributed by atoms with Gasteiger partial charge in [-0.05, 0) is 29.3 Å². The highest BCUT2D eigenvalue weighted by atomic mass is 35.5. The Labute approximate surface area is 158 Å². The number of rotatable bonds is 5. The summed E-state index contributed by atoms with van der Waals surface area (Å²) in [4.78, 5) is 11.2. The summed E-state index contributed by atoms with van der Waals surface area (Å²) in [7, 11) is 0. The molecule has 26 heavy (non-hydrogen) atoms. The topological polar surface area (TPSA) is 50.3 Å². The Bertz CT molecular complexity index is 868. The fourth-order valence-electron chi connectivity index (χ4n) is 3.40. The minimum absolute atomic E-state index is 0.243. The lowest BCUT2D eigenvalue weighted by Gasteiger charge is -2.35. The number of benzene rings is 2. The van der Waals surface area contributed by atoms with Crippen LogP contribution in [0.3, 0.4) is 0 Å². The summed E-state index contributed by atoms with van der Waals surface area (Å²) in [5, 5.41) is 4.74. The molecule has 1 aliphatic heterocycles. The zero-order chi connectivity index (χ0) is 17.8. The standard InChI is InChI=1S/C20H21ClN4O/c21-20-23-17-9-5-4-8-16(17)19(24-20)22-14-18(15-6-2-1-3-7-15)25-10-12-26-13-11-25/h1-9,18H,10-14H2,(H,22,23,24). The Balaban J connectivity index is 1.60. The molecule has 1 unspecified atom stereocenters. The Morgan fingerprint density at radius 1 is 1.00 bits per heavy atom. The Hall–Kier alpha value is -2.21. The first-order valence-electron chi connectivity index (χ1n) is 8.84. The van der Waals surface area contributed by atoms with Crippen LogP contribution in [0.25, 0.3) is 10.9 Å². The van der Waals surface area contributed by atoms with Crippen molar-refractivity contribution in [3.63, 3.8) is 0 Å². The van der Waals surface area contributed by atoms with Crippen LogP contribution in [0.4, 0.5) is 5.82 Å². The van der Waals surface area contributed by atoms with Crippen LogP contribution < -0.4 is 5.32 Å². The van der Waals surface area contributed by atoms with Gasteiger partial charge in [0.15, 0.2) is 0 Å². The average molecular weight is 369 g/mol. The van der Waals surface area contributed by atoms with E-state index in [0.717, 1.165) is 49.6 Å². The summed E-state index contributed by atoms with van der Waals surface area (Å²) in [6.45, 7) is 4.12. The Kier molecular flexibility index (Phi) is 5.29. The highest BCUT2D eigenvalue weighted by Crippen LogP contribution is 2.25. The lowest BCUT2D eigenvalue weighted by Crippen LogP contribution is -2.41. The van der Waals surface area contributed by atoms with Crippen molar-refractivity contribution in [2.75, 3.05) is 38.2 Å².